The van der Waals surface area contributed by atoms with Gasteiger partial charge in [-0.1, -0.05) is 12.1 Å². The first-order valence-electron chi connectivity index (χ1n) is 8.31. The summed E-state index contributed by atoms with van der Waals surface area (Å²) in [5, 5.41) is 9.07. The average molecular weight is 343 g/mol. The van der Waals surface area contributed by atoms with Crippen LogP contribution < -0.4 is 0 Å². The van der Waals surface area contributed by atoms with Crippen molar-refractivity contribution in [3.05, 3.63) is 54.0 Å². The summed E-state index contributed by atoms with van der Waals surface area (Å²) < 4.78 is 5.55. The van der Waals surface area contributed by atoms with Gasteiger partial charge in [-0.05, 0) is 45.1 Å². The number of hydrogen-bond acceptors (Lipinski definition) is 5. The Bertz CT molecular complexity index is 673. The molecule has 2 rings (SSSR count). The summed E-state index contributed by atoms with van der Waals surface area (Å²) in [5.74, 6) is 0. The zero-order chi connectivity index (χ0) is 18.3. The maximum Gasteiger partial charge on any atom is 0.414 e. The fourth-order valence-corrected chi connectivity index (χ4v) is 2.26. The fraction of sp³-hybridized carbons (Fsp3) is 0.421. The highest BCUT2D eigenvalue weighted by Gasteiger charge is 2.25. The van der Waals surface area contributed by atoms with Crippen LogP contribution in [0.5, 0.6) is 0 Å². The molecule has 0 unspecified atom stereocenters. The quantitative estimate of drug-likeness (QED) is 0.891. The molecule has 134 valence electrons. The molecule has 1 amide bonds. The number of carbonyl (C=O) groups excluding carboxylic acids is 1. The molecule has 1 aromatic rings. The number of aliphatic hydroxyl groups is 1. The molecule has 0 saturated carbocycles. The number of ether oxygens (including phenoxy) is 1. The third-order valence-electron chi connectivity index (χ3n) is 3.40. The first-order chi connectivity index (χ1) is 11.9. The number of amides is 1. The molecule has 1 aromatic heterocycles. The van der Waals surface area contributed by atoms with Crippen LogP contribution in [0.2, 0.25) is 0 Å². The molecule has 0 bridgehead atoms. The van der Waals surface area contributed by atoms with Gasteiger partial charge in [0.15, 0.2) is 0 Å². The number of carbonyl (C=O) groups is 1. The maximum atomic E-state index is 12.7. The Kier molecular flexibility index (Phi) is 6.47. The number of hydrogen-bond donors (Lipinski definition) is 1. The van der Waals surface area contributed by atoms with Gasteiger partial charge in [0.2, 0.25) is 0 Å². The van der Waals surface area contributed by atoms with Gasteiger partial charge < -0.3 is 9.84 Å². The zero-order valence-electron chi connectivity index (χ0n) is 15.0. The smallest absolute Gasteiger partial charge is 0.414 e. The van der Waals surface area contributed by atoms with E-state index in [0.717, 1.165) is 17.1 Å². The molecule has 1 N–H and O–H groups in total. The zero-order valence-corrected chi connectivity index (χ0v) is 15.0. The highest BCUT2D eigenvalue weighted by Crippen LogP contribution is 2.18. The van der Waals surface area contributed by atoms with Gasteiger partial charge in [0.25, 0.3) is 0 Å². The van der Waals surface area contributed by atoms with Crippen LogP contribution in [0.3, 0.4) is 0 Å². The van der Waals surface area contributed by atoms with E-state index in [-0.39, 0.29) is 6.61 Å². The summed E-state index contributed by atoms with van der Waals surface area (Å²) in [6.45, 7) is 6.20. The minimum absolute atomic E-state index is 0.0439. The number of aliphatic hydroxyl groups excluding tert-OH is 1. The van der Waals surface area contributed by atoms with Gasteiger partial charge in [-0.25, -0.2) is 4.79 Å². The minimum atomic E-state index is -0.591. The Morgan fingerprint density at radius 1 is 1.36 bits per heavy atom. The second kappa shape index (κ2) is 8.58. The number of rotatable bonds is 5. The molecule has 6 heteroatoms. The van der Waals surface area contributed by atoms with Crippen molar-refractivity contribution < 1.29 is 14.6 Å². The van der Waals surface area contributed by atoms with Crippen LogP contribution in [-0.2, 0) is 11.3 Å². The van der Waals surface area contributed by atoms with E-state index in [0.29, 0.717) is 19.5 Å². The molecule has 6 nitrogen and oxygen atoms in total. The number of pyridine rings is 1. The lowest BCUT2D eigenvalue weighted by Crippen LogP contribution is -2.36. The molecule has 0 aromatic carbocycles. The van der Waals surface area contributed by atoms with Gasteiger partial charge in [0, 0.05) is 30.6 Å². The normalized spacial score (nSPS) is 14.4. The van der Waals surface area contributed by atoms with Crippen LogP contribution in [0.25, 0.3) is 0 Å². The molecule has 25 heavy (non-hydrogen) atoms. The Morgan fingerprint density at radius 2 is 2.16 bits per heavy atom. The van der Waals surface area contributed by atoms with E-state index in [1.165, 1.54) is 0 Å². The fourth-order valence-electron chi connectivity index (χ4n) is 2.26. The molecule has 0 saturated heterocycles. The summed E-state index contributed by atoms with van der Waals surface area (Å²) in [7, 11) is 0. The number of aromatic nitrogens is 1. The Balaban J connectivity index is 2.23. The van der Waals surface area contributed by atoms with Gasteiger partial charge in [0.05, 0.1) is 18.8 Å². The summed E-state index contributed by atoms with van der Waals surface area (Å²) in [5.41, 5.74) is 1.70. The Labute approximate surface area is 148 Å². The van der Waals surface area contributed by atoms with Gasteiger partial charge in [0.1, 0.15) is 5.60 Å². The standard InChI is InChI=1S/C19H25N3O3/c1-19(2,3)25-18(24)22(14-16-7-4-5-11-20-16)17-9-6-8-15(10-12-23)21-13-17/h4-9,11,23H,10,12-14H2,1-3H3. The van der Waals surface area contributed by atoms with Crippen molar-refractivity contribution in [3.8, 4) is 0 Å². The molecule has 0 fully saturated rings. The van der Waals surface area contributed by atoms with E-state index in [1.807, 2.05) is 57.2 Å². The van der Waals surface area contributed by atoms with Crippen molar-refractivity contribution >= 4 is 11.8 Å². The van der Waals surface area contributed by atoms with Crippen molar-refractivity contribution in [2.45, 2.75) is 39.3 Å². The van der Waals surface area contributed by atoms with Crippen LogP contribution in [0, 0.1) is 0 Å². The Hall–Kier alpha value is -2.47. The third-order valence-corrected chi connectivity index (χ3v) is 3.40. The van der Waals surface area contributed by atoms with Gasteiger partial charge in [-0.3, -0.25) is 14.9 Å². The first-order valence-corrected chi connectivity index (χ1v) is 8.31. The van der Waals surface area contributed by atoms with Crippen LogP contribution >= 0.6 is 0 Å². The SMILES string of the molecule is CC(C)(C)OC(=O)N(Cc1ccccn1)C1=CC=CC(CCO)=NC1. The van der Waals surface area contributed by atoms with E-state index >= 15 is 0 Å². The van der Waals surface area contributed by atoms with Gasteiger partial charge in [-0.2, -0.15) is 0 Å². The monoisotopic (exact) mass is 343 g/mol. The lowest BCUT2D eigenvalue weighted by atomic mass is 10.2. The summed E-state index contributed by atoms with van der Waals surface area (Å²) in [6, 6.07) is 5.58. The molecule has 0 aliphatic carbocycles. The minimum Gasteiger partial charge on any atom is -0.443 e. The van der Waals surface area contributed by atoms with E-state index in [2.05, 4.69) is 9.98 Å². The summed E-state index contributed by atoms with van der Waals surface area (Å²) in [6.07, 6.45) is 7.29. The second-order valence-corrected chi connectivity index (χ2v) is 6.69. The third kappa shape index (κ3) is 6.15. The highest BCUT2D eigenvalue weighted by molar-refractivity contribution is 5.95. The predicted octanol–water partition coefficient (Wildman–Crippen LogP) is 3.10. The number of allylic oxidation sites excluding steroid dienone is 3. The first kappa shape index (κ1) is 18.9. The van der Waals surface area contributed by atoms with Crippen LogP contribution in [0.15, 0.2) is 53.3 Å². The van der Waals surface area contributed by atoms with Gasteiger partial charge >= 0.3 is 6.09 Å². The topological polar surface area (TPSA) is 75.0 Å². The molecule has 2 heterocycles. The Morgan fingerprint density at radius 3 is 2.80 bits per heavy atom. The van der Waals surface area contributed by atoms with Crippen molar-refractivity contribution in [1.29, 1.82) is 0 Å². The maximum absolute atomic E-state index is 12.7. The van der Waals surface area contributed by atoms with Crippen molar-refractivity contribution in [1.82, 2.24) is 9.88 Å². The van der Waals surface area contributed by atoms with Crippen molar-refractivity contribution in [3.63, 3.8) is 0 Å². The van der Waals surface area contributed by atoms with Crippen LogP contribution in [0.1, 0.15) is 32.9 Å². The summed E-state index contributed by atoms with van der Waals surface area (Å²) >= 11 is 0. The molecular weight excluding hydrogens is 318 g/mol. The lowest BCUT2D eigenvalue weighted by molar-refractivity contribution is 0.0296. The van der Waals surface area contributed by atoms with Crippen LogP contribution in [-0.4, -0.2) is 45.5 Å². The molecule has 1 aliphatic rings. The van der Waals surface area contributed by atoms with Crippen LogP contribution in [0.4, 0.5) is 4.79 Å². The molecule has 0 radical (unpaired) electrons. The van der Waals surface area contributed by atoms with E-state index in [1.54, 1.807) is 11.1 Å². The molecular formula is C19H25N3O3. The van der Waals surface area contributed by atoms with E-state index in [4.69, 9.17) is 9.84 Å². The molecule has 1 aliphatic heterocycles. The lowest BCUT2D eigenvalue weighted by Gasteiger charge is -2.28. The predicted molar refractivity (Wildman–Crippen MR) is 97.2 cm³/mol. The summed E-state index contributed by atoms with van der Waals surface area (Å²) in [4.78, 5) is 23.0. The van der Waals surface area contributed by atoms with E-state index in [9.17, 15) is 4.79 Å². The van der Waals surface area contributed by atoms with Crippen molar-refractivity contribution in [2.75, 3.05) is 13.2 Å². The van der Waals surface area contributed by atoms with Gasteiger partial charge in [-0.15, -0.1) is 0 Å². The largest absolute Gasteiger partial charge is 0.443 e. The van der Waals surface area contributed by atoms with E-state index < -0.39 is 11.7 Å². The number of aliphatic imine (C=N–C) groups is 1. The van der Waals surface area contributed by atoms with Crippen molar-refractivity contribution in [2.24, 2.45) is 4.99 Å². The average Bonchev–Trinajstić information content (AvgIpc) is 2.78. The molecule has 0 spiro atoms. The number of nitrogens with zero attached hydrogens (tertiary/aromatic N) is 3. The second-order valence-electron chi connectivity index (χ2n) is 6.69. The molecule has 0 atom stereocenters. The highest BCUT2D eigenvalue weighted by atomic mass is 16.6.